The van der Waals surface area contributed by atoms with E-state index in [9.17, 15) is 4.79 Å². The molecule has 0 radical (unpaired) electrons. The zero-order chi connectivity index (χ0) is 15.4. The topological polar surface area (TPSA) is 57.2 Å². The molecule has 0 bridgehead atoms. The molecule has 0 spiro atoms. The number of rotatable bonds is 6. The maximum Gasteiger partial charge on any atom is 0.307 e. The van der Waals surface area contributed by atoms with Crippen LogP contribution in [-0.4, -0.2) is 16.2 Å². The molecule has 2 rings (SSSR count). The Hall–Kier alpha value is -1.66. The Bertz CT molecular complexity index is 687. The fourth-order valence-electron chi connectivity index (χ4n) is 2.01. The van der Waals surface area contributed by atoms with Crippen LogP contribution in [-0.2, 0) is 13.0 Å². The molecule has 1 aromatic carbocycles. The summed E-state index contributed by atoms with van der Waals surface area (Å²) in [5, 5.41) is 0. The molecule has 0 aliphatic rings. The molecule has 0 aliphatic heterocycles. The number of thiazole rings is 1. The highest BCUT2D eigenvalue weighted by molar-refractivity contribution is 7.80. The molecule has 1 aromatic heterocycles. The van der Waals surface area contributed by atoms with Crippen LogP contribution in [0.3, 0.4) is 0 Å². The lowest BCUT2D eigenvalue weighted by molar-refractivity contribution is 0.296. The Kier molecular flexibility index (Phi) is 5.14. The number of nitrogens with two attached hydrogens (primary N) is 1. The summed E-state index contributed by atoms with van der Waals surface area (Å²) in [5.74, 6) is 0.777. The van der Waals surface area contributed by atoms with Crippen LogP contribution in [0.2, 0.25) is 0 Å². The molecule has 21 heavy (non-hydrogen) atoms. The van der Waals surface area contributed by atoms with Crippen LogP contribution < -0.4 is 15.3 Å². The first-order valence-electron chi connectivity index (χ1n) is 6.64. The first-order chi connectivity index (χ1) is 9.97. The van der Waals surface area contributed by atoms with E-state index in [1.54, 1.807) is 4.57 Å². The minimum absolute atomic E-state index is 0.0698. The highest BCUT2D eigenvalue weighted by Gasteiger charge is 2.07. The van der Waals surface area contributed by atoms with Crippen molar-refractivity contribution in [3.05, 3.63) is 50.1 Å². The molecular weight excluding hydrogens is 304 g/mol. The maximum atomic E-state index is 11.8. The second-order valence-electron chi connectivity index (χ2n) is 4.80. The number of hydrogen-bond acceptors (Lipinski definition) is 4. The van der Waals surface area contributed by atoms with E-state index in [0.29, 0.717) is 24.6 Å². The van der Waals surface area contributed by atoms with Crippen molar-refractivity contribution in [2.45, 2.75) is 26.8 Å². The highest BCUT2D eigenvalue weighted by atomic mass is 32.1. The maximum absolute atomic E-state index is 11.8. The van der Waals surface area contributed by atoms with Crippen molar-refractivity contribution in [1.29, 1.82) is 0 Å². The van der Waals surface area contributed by atoms with E-state index in [1.807, 2.05) is 38.1 Å². The predicted molar refractivity (Wildman–Crippen MR) is 90.5 cm³/mol. The molecule has 2 aromatic rings. The number of thiocarbonyl (C=S) groups is 1. The molecule has 6 heteroatoms. The van der Waals surface area contributed by atoms with Crippen LogP contribution in [0, 0.1) is 13.8 Å². The summed E-state index contributed by atoms with van der Waals surface area (Å²) in [6, 6.07) is 7.67. The molecule has 0 atom stereocenters. The van der Waals surface area contributed by atoms with Gasteiger partial charge in [0.15, 0.2) is 0 Å². The van der Waals surface area contributed by atoms with Crippen molar-refractivity contribution in [2.24, 2.45) is 5.73 Å². The number of nitrogens with zero attached hydrogens (tertiary/aromatic N) is 1. The lowest BCUT2D eigenvalue weighted by Gasteiger charge is -2.08. The molecule has 1 heterocycles. The van der Waals surface area contributed by atoms with Gasteiger partial charge in [0.1, 0.15) is 12.4 Å². The van der Waals surface area contributed by atoms with Gasteiger partial charge in [0.2, 0.25) is 0 Å². The van der Waals surface area contributed by atoms with Gasteiger partial charge in [0, 0.05) is 17.0 Å². The number of ether oxygens (including phenoxy) is 1. The number of benzene rings is 1. The zero-order valence-corrected chi connectivity index (χ0v) is 13.7. The van der Waals surface area contributed by atoms with Crippen LogP contribution in [0.25, 0.3) is 0 Å². The molecule has 4 nitrogen and oxygen atoms in total. The van der Waals surface area contributed by atoms with E-state index in [4.69, 9.17) is 22.7 Å². The van der Waals surface area contributed by atoms with Gasteiger partial charge in [0.25, 0.3) is 0 Å². The number of aromatic nitrogens is 1. The van der Waals surface area contributed by atoms with Gasteiger partial charge < -0.3 is 10.5 Å². The van der Waals surface area contributed by atoms with Crippen LogP contribution >= 0.6 is 23.6 Å². The molecule has 2 N–H and O–H groups in total. The Balaban J connectivity index is 1.91. The van der Waals surface area contributed by atoms with Gasteiger partial charge in [-0.25, -0.2) is 0 Å². The number of hydrogen-bond donors (Lipinski definition) is 1. The van der Waals surface area contributed by atoms with Gasteiger partial charge in [-0.15, -0.1) is 0 Å². The van der Waals surface area contributed by atoms with Crippen LogP contribution in [0.1, 0.15) is 16.1 Å². The third-order valence-corrected chi connectivity index (χ3v) is 4.40. The first kappa shape index (κ1) is 15.7. The van der Waals surface area contributed by atoms with Crippen molar-refractivity contribution in [3.63, 3.8) is 0 Å². The van der Waals surface area contributed by atoms with E-state index >= 15 is 0 Å². The Morgan fingerprint density at radius 3 is 2.52 bits per heavy atom. The smallest absolute Gasteiger partial charge is 0.307 e. The van der Waals surface area contributed by atoms with Gasteiger partial charge in [-0.05, 0) is 31.5 Å². The molecule has 0 saturated carbocycles. The predicted octanol–water partition coefficient (Wildman–Crippen LogP) is 2.43. The van der Waals surface area contributed by atoms with Crippen molar-refractivity contribution < 1.29 is 4.74 Å². The summed E-state index contributed by atoms with van der Waals surface area (Å²) in [4.78, 5) is 13.4. The minimum Gasteiger partial charge on any atom is -0.492 e. The van der Waals surface area contributed by atoms with Gasteiger partial charge in [0.05, 0.1) is 11.5 Å². The molecule has 0 saturated heterocycles. The van der Waals surface area contributed by atoms with E-state index in [0.717, 1.165) is 21.9 Å². The SMILES string of the molecule is Cc1sc(=O)n(CCOc2ccc(CC(N)=S)cc2)c1C. The van der Waals surface area contributed by atoms with Crippen LogP contribution in [0.5, 0.6) is 5.75 Å². The fraction of sp³-hybridized carbons (Fsp3) is 0.333. The van der Waals surface area contributed by atoms with Crippen LogP contribution in [0.15, 0.2) is 29.1 Å². The largest absolute Gasteiger partial charge is 0.492 e. The van der Waals surface area contributed by atoms with Crippen molar-refractivity contribution >= 4 is 28.5 Å². The summed E-state index contributed by atoms with van der Waals surface area (Å²) >= 11 is 6.15. The monoisotopic (exact) mass is 322 g/mol. The second kappa shape index (κ2) is 6.87. The quantitative estimate of drug-likeness (QED) is 0.830. The molecule has 112 valence electrons. The summed E-state index contributed by atoms with van der Waals surface area (Å²) in [6.07, 6.45) is 0.596. The minimum atomic E-state index is 0.0698. The average Bonchev–Trinajstić information content (AvgIpc) is 2.66. The summed E-state index contributed by atoms with van der Waals surface area (Å²) in [7, 11) is 0. The first-order valence-corrected chi connectivity index (χ1v) is 7.86. The summed E-state index contributed by atoms with van der Waals surface area (Å²) < 4.78 is 7.42. The van der Waals surface area contributed by atoms with Gasteiger partial charge >= 0.3 is 4.87 Å². The Morgan fingerprint density at radius 1 is 1.33 bits per heavy atom. The zero-order valence-electron chi connectivity index (χ0n) is 12.1. The van der Waals surface area contributed by atoms with Gasteiger partial charge in [-0.1, -0.05) is 35.7 Å². The highest BCUT2D eigenvalue weighted by Crippen LogP contribution is 2.13. The summed E-state index contributed by atoms with van der Waals surface area (Å²) in [5.41, 5.74) is 7.59. The van der Waals surface area contributed by atoms with Crippen molar-refractivity contribution in [3.8, 4) is 5.75 Å². The Labute approximate surface area is 133 Å². The third kappa shape index (κ3) is 4.15. The van der Waals surface area contributed by atoms with Crippen molar-refractivity contribution in [1.82, 2.24) is 4.57 Å². The molecule has 0 unspecified atom stereocenters. The second-order valence-corrected chi connectivity index (χ2v) is 6.49. The van der Waals surface area contributed by atoms with Gasteiger partial charge in [-0.3, -0.25) is 9.36 Å². The molecule has 0 aliphatic carbocycles. The van der Waals surface area contributed by atoms with E-state index in [2.05, 4.69) is 0 Å². The fourth-order valence-corrected chi connectivity index (χ4v) is 3.03. The van der Waals surface area contributed by atoms with Gasteiger partial charge in [-0.2, -0.15) is 0 Å². The summed E-state index contributed by atoms with van der Waals surface area (Å²) in [6.45, 7) is 4.94. The van der Waals surface area contributed by atoms with E-state index < -0.39 is 0 Å². The average molecular weight is 322 g/mol. The normalized spacial score (nSPS) is 10.6. The number of aryl methyl sites for hydroxylation is 1. The molecular formula is C15H18N2O2S2. The standard InChI is InChI=1S/C15H18N2O2S2/c1-10-11(2)21-15(18)17(10)7-8-19-13-5-3-12(4-6-13)9-14(16)20/h3-6H,7-9H2,1-2H3,(H2,16,20). The molecule has 0 fully saturated rings. The third-order valence-electron chi connectivity index (χ3n) is 3.26. The lowest BCUT2D eigenvalue weighted by Crippen LogP contribution is -2.19. The van der Waals surface area contributed by atoms with Crippen molar-refractivity contribution in [2.75, 3.05) is 6.61 Å². The van der Waals surface area contributed by atoms with E-state index in [-0.39, 0.29) is 4.87 Å². The lowest BCUT2D eigenvalue weighted by atomic mass is 10.1. The van der Waals surface area contributed by atoms with E-state index in [1.165, 1.54) is 11.3 Å². The van der Waals surface area contributed by atoms with Crippen LogP contribution in [0.4, 0.5) is 0 Å². The molecule has 0 amide bonds. The Morgan fingerprint density at radius 2 is 2.00 bits per heavy atom.